The van der Waals surface area contributed by atoms with Gasteiger partial charge in [-0.05, 0) is 32.0 Å². The second-order valence-electron chi connectivity index (χ2n) is 4.17. The molecule has 0 N–H and O–H groups in total. The number of hydrogen-bond acceptors (Lipinski definition) is 4. The molecule has 0 aliphatic carbocycles. The minimum Gasteiger partial charge on any atom is -0.496 e. The van der Waals surface area contributed by atoms with Crippen LogP contribution in [-0.4, -0.2) is 17.1 Å². The first-order valence-electron chi connectivity index (χ1n) is 5.74. The summed E-state index contributed by atoms with van der Waals surface area (Å²) >= 11 is 4.23. The highest BCUT2D eigenvalue weighted by Crippen LogP contribution is 2.29. The molecular weight excluding hydrogens is 244 g/mol. The zero-order valence-electron chi connectivity index (χ0n) is 10.8. The quantitative estimate of drug-likeness (QED) is 0.861. The molecule has 0 fully saturated rings. The highest BCUT2D eigenvalue weighted by atomic mass is 32.1. The Labute approximate surface area is 113 Å². The molecular formula is C14H16N2OS. The van der Waals surface area contributed by atoms with Gasteiger partial charge in [0, 0.05) is 11.3 Å². The minimum atomic E-state index is 0.531. The molecule has 2 rings (SSSR count). The predicted octanol–water partition coefficient (Wildman–Crippen LogP) is 3.20. The van der Waals surface area contributed by atoms with Gasteiger partial charge >= 0.3 is 0 Å². The fourth-order valence-electron chi connectivity index (χ4n) is 1.86. The fourth-order valence-corrected chi connectivity index (χ4v) is 2.00. The van der Waals surface area contributed by atoms with E-state index in [1.165, 1.54) is 5.56 Å². The van der Waals surface area contributed by atoms with Gasteiger partial charge in [0.1, 0.15) is 11.6 Å². The predicted molar refractivity (Wildman–Crippen MR) is 76.2 cm³/mol. The van der Waals surface area contributed by atoms with Crippen LogP contribution < -0.4 is 4.74 Å². The average Bonchev–Trinajstić information content (AvgIpc) is 2.38. The molecule has 4 heteroatoms. The van der Waals surface area contributed by atoms with Crippen LogP contribution in [0.15, 0.2) is 24.3 Å². The number of thiol groups is 1. The first-order valence-corrected chi connectivity index (χ1v) is 6.37. The number of ether oxygens (including phenoxy) is 1. The lowest BCUT2D eigenvalue weighted by atomic mass is 10.1. The molecule has 0 amide bonds. The largest absolute Gasteiger partial charge is 0.496 e. The van der Waals surface area contributed by atoms with Crippen LogP contribution in [0.4, 0.5) is 0 Å². The zero-order valence-corrected chi connectivity index (χ0v) is 11.7. The van der Waals surface area contributed by atoms with Gasteiger partial charge in [-0.15, -0.1) is 0 Å². The topological polar surface area (TPSA) is 35.0 Å². The Balaban J connectivity index is 2.60. The Kier molecular flexibility index (Phi) is 3.87. The molecule has 2 aromatic rings. The standard InChI is InChI=1S/C14H16N2OS/c1-9-4-5-13(17-3)11(6-9)12-7-10(2)15-14(8-18)16-12/h4-7,18H,8H2,1-3H3. The number of aromatic nitrogens is 2. The lowest BCUT2D eigenvalue weighted by Gasteiger charge is -2.10. The van der Waals surface area contributed by atoms with Crippen molar-refractivity contribution in [2.75, 3.05) is 7.11 Å². The van der Waals surface area contributed by atoms with Gasteiger partial charge in [-0.25, -0.2) is 9.97 Å². The van der Waals surface area contributed by atoms with E-state index in [9.17, 15) is 0 Å². The summed E-state index contributed by atoms with van der Waals surface area (Å²) in [6, 6.07) is 8.02. The summed E-state index contributed by atoms with van der Waals surface area (Å²) in [5, 5.41) is 0. The third-order valence-electron chi connectivity index (χ3n) is 2.67. The minimum absolute atomic E-state index is 0.531. The van der Waals surface area contributed by atoms with Gasteiger partial charge in [0.25, 0.3) is 0 Å². The van der Waals surface area contributed by atoms with Crippen LogP contribution in [-0.2, 0) is 5.75 Å². The normalized spacial score (nSPS) is 10.4. The third-order valence-corrected chi connectivity index (χ3v) is 2.96. The summed E-state index contributed by atoms with van der Waals surface area (Å²) in [5.74, 6) is 2.09. The molecule has 0 atom stereocenters. The maximum absolute atomic E-state index is 5.39. The molecule has 0 unspecified atom stereocenters. The smallest absolute Gasteiger partial charge is 0.138 e. The Bertz CT molecular complexity index is 570. The second-order valence-corrected chi connectivity index (χ2v) is 4.49. The van der Waals surface area contributed by atoms with Crippen molar-refractivity contribution >= 4 is 12.6 Å². The monoisotopic (exact) mass is 260 g/mol. The van der Waals surface area contributed by atoms with Crippen LogP contribution in [0.1, 0.15) is 17.1 Å². The second kappa shape index (κ2) is 5.40. The van der Waals surface area contributed by atoms with Gasteiger partial charge in [-0.3, -0.25) is 0 Å². The molecule has 94 valence electrons. The molecule has 3 nitrogen and oxygen atoms in total. The molecule has 0 bridgehead atoms. The third kappa shape index (κ3) is 2.64. The molecule has 0 spiro atoms. The van der Waals surface area contributed by atoms with Crippen molar-refractivity contribution in [2.24, 2.45) is 0 Å². The number of benzene rings is 1. The van der Waals surface area contributed by atoms with Crippen molar-refractivity contribution in [3.63, 3.8) is 0 Å². The summed E-state index contributed by atoms with van der Waals surface area (Å²) < 4.78 is 5.39. The van der Waals surface area contributed by atoms with Gasteiger partial charge in [-0.1, -0.05) is 11.6 Å². The molecule has 0 saturated heterocycles. The molecule has 1 aromatic heterocycles. The van der Waals surface area contributed by atoms with Crippen molar-refractivity contribution in [3.05, 3.63) is 41.3 Å². The lowest BCUT2D eigenvalue weighted by molar-refractivity contribution is 0.416. The molecule has 0 aliphatic heterocycles. The van der Waals surface area contributed by atoms with Gasteiger partial charge < -0.3 is 4.74 Å². The first kappa shape index (κ1) is 12.9. The van der Waals surface area contributed by atoms with Crippen molar-refractivity contribution in [3.8, 4) is 17.0 Å². The van der Waals surface area contributed by atoms with Gasteiger partial charge in [0.05, 0.1) is 18.6 Å². The van der Waals surface area contributed by atoms with E-state index in [0.29, 0.717) is 5.75 Å². The summed E-state index contributed by atoms with van der Waals surface area (Å²) in [7, 11) is 1.67. The average molecular weight is 260 g/mol. The van der Waals surface area contributed by atoms with E-state index >= 15 is 0 Å². The summed E-state index contributed by atoms with van der Waals surface area (Å²) in [5.41, 5.74) is 3.99. The van der Waals surface area contributed by atoms with Crippen molar-refractivity contribution in [1.29, 1.82) is 0 Å². The van der Waals surface area contributed by atoms with Crippen LogP contribution in [0.5, 0.6) is 5.75 Å². The van der Waals surface area contributed by atoms with Crippen LogP contribution in [0, 0.1) is 13.8 Å². The molecule has 0 radical (unpaired) electrons. The highest BCUT2D eigenvalue weighted by molar-refractivity contribution is 7.79. The van der Waals surface area contributed by atoms with Gasteiger partial charge in [-0.2, -0.15) is 12.6 Å². The van der Waals surface area contributed by atoms with E-state index in [1.54, 1.807) is 7.11 Å². The Morgan fingerprint density at radius 2 is 1.94 bits per heavy atom. The SMILES string of the molecule is COc1ccc(C)cc1-c1cc(C)nc(CS)n1. The molecule has 1 heterocycles. The highest BCUT2D eigenvalue weighted by Gasteiger charge is 2.09. The van der Waals surface area contributed by atoms with E-state index < -0.39 is 0 Å². The maximum atomic E-state index is 5.39. The number of methoxy groups -OCH3 is 1. The van der Waals surface area contributed by atoms with Crippen molar-refractivity contribution in [1.82, 2.24) is 9.97 Å². The van der Waals surface area contributed by atoms with Crippen LogP contribution in [0.2, 0.25) is 0 Å². The summed E-state index contributed by atoms with van der Waals surface area (Å²) in [6.07, 6.45) is 0. The lowest BCUT2D eigenvalue weighted by Crippen LogP contribution is -1.98. The van der Waals surface area contributed by atoms with Gasteiger partial charge in [0.2, 0.25) is 0 Å². The van der Waals surface area contributed by atoms with E-state index in [-0.39, 0.29) is 0 Å². The fraction of sp³-hybridized carbons (Fsp3) is 0.286. The van der Waals surface area contributed by atoms with Crippen LogP contribution in [0.25, 0.3) is 11.3 Å². The van der Waals surface area contributed by atoms with Crippen molar-refractivity contribution in [2.45, 2.75) is 19.6 Å². The van der Waals surface area contributed by atoms with E-state index in [4.69, 9.17) is 4.74 Å². The molecule has 0 saturated carbocycles. The van der Waals surface area contributed by atoms with Gasteiger partial charge in [0.15, 0.2) is 0 Å². The molecule has 1 aromatic carbocycles. The van der Waals surface area contributed by atoms with Crippen LogP contribution >= 0.6 is 12.6 Å². The van der Waals surface area contributed by atoms with Crippen LogP contribution in [0.3, 0.4) is 0 Å². The molecule has 18 heavy (non-hydrogen) atoms. The number of aryl methyl sites for hydroxylation is 2. The first-order chi connectivity index (χ1) is 8.63. The summed E-state index contributed by atoms with van der Waals surface area (Å²) in [4.78, 5) is 8.83. The van der Waals surface area contributed by atoms with E-state index in [0.717, 1.165) is 28.5 Å². The van der Waals surface area contributed by atoms with E-state index in [1.807, 2.05) is 25.1 Å². The van der Waals surface area contributed by atoms with Crippen molar-refractivity contribution < 1.29 is 4.74 Å². The number of nitrogens with zero attached hydrogens (tertiary/aromatic N) is 2. The van der Waals surface area contributed by atoms with E-state index in [2.05, 4.69) is 35.6 Å². The number of hydrogen-bond donors (Lipinski definition) is 1. The number of rotatable bonds is 3. The zero-order chi connectivity index (χ0) is 13.1. The Morgan fingerprint density at radius 3 is 2.61 bits per heavy atom. The summed E-state index contributed by atoms with van der Waals surface area (Å²) in [6.45, 7) is 4.01. The maximum Gasteiger partial charge on any atom is 0.138 e. The Hall–Kier alpha value is -1.55. The Morgan fingerprint density at radius 1 is 1.17 bits per heavy atom. The molecule has 0 aliphatic rings.